The van der Waals surface area contributed by atoms with Gasteiger partial charge < -0.3 is 51.9 Å². The van der Waals surface area contributed by atoms with Crippen LogP contribution in [0.15, 0.2) is 0 Å². The van der Waals surface area contributed by atoms with E-state index in [9.17, 15) is 0 Å². The van der Waals surface area contributed by atoms with Crippen LogP contribution in [0.1, 0.15) is 160 Å². The highest BCUT2D eigenvalue weighted by atomic mass is 16.6. The van der Waals surface area contributed by atoms with Gasteiger partial charge in [0.05, 0.1) is 141 Å². The molecular weight excluding hydrogens is 751 g/mol. The third kappa shape index (κ3) is 33.7. The van der Waals surface area contributed by atoms with E-state index < -0.39 is 0 Å². The normalized spacial score (nSPS) is 17.0. The van der Waals surface area contributed by atoms with Crippen LogP contribution in [0.5, 0.6) is 0 Å². The summed E-state index contributed by atoms with van der Waals surface area (Å²) < 4.78 is 60.3. The first-order chi connectivity index (χ1) is 28.3. The zero-order valence-electron chi connectivity index (χ0n) is 41.1. The van der Waals surface area contributed by atoms with E-state index in [1.165, 1.54) is 101 Å². The van der Waals surface area contributed by atoms with Crippen molar-refractivity contribution in [2.75, 3.05) is 99.4 Å². The monoisotopic (exact) mass is 851 g/mol. The molecule has 0 aromatic carbocycles. The van der Waals surface area contributed by atoms with E-state index >= 15 is 0 Å². The molecule has 11 nitrogen and oxygen atoms in total. The van der Waals surface area contributed by atoms with Crippen molar-refractivity contribution >= 4 is 0 Å². The number of hydrogen-bond donors (Lipinski definition) is 0. The lowest BCUT2D eigenvalue weighted by atomic mass is 10.1. The van der Waals surface area contributed by atoms with Crippen molar-refractivity contribution in [3.8, 4) is 0 Å². The summed E-state index contributed by atoms with van der Waals surface area (Å²) in [5.41, 5.74) is 0. The molecule has 356 valence electrons. The molecule has 0 saturated carbocycles. The van der Waals surface area contributed by atoms with Crippen molar-refractivity contribution in [3.05, 3.63) is 0 Å². The summed E-state index contributed by atoms with van der Waals surface area (Å²) in [6, 6.07) is 0.482. The maximum Gasteiger partial charge on any atom is 0.110 e. The Balaban J connectivity index is 4.44. The highest BCUT2D eigenvalue weighted by Crippen LogP contribution is 2.23. The van der Waals surface area contributed by atoms with E-state index in [1.807, 2.05) is 41.5 Å². The molecule has 0 aliphatic carbocycles. The van der Waals surface area contributed by atoms with E-state index in [0.717, 1.165) is 6.61 Å². The molecule has 0 bridgehead atoms. The van der Waals surface area contributed by atoms with Crippen LogP contribution in [0.2, 0.25) is 0 Å². The van der Waals surface area contributed by atoms with Crippen molar-refractivity contribution in [1.82, 2.24) is 0 Å². The van der Waals surface area contributed by atoms with E-state index in [4.69, 9.17) is 47.4 Å². The third-order valence-corrected chi connectivity index (χ3v) is 11.0. The molecule has 0 amide bonds. The molecule has 0 fully saturated rings. The molecule has 9 atom stereocenters. The average Bonchev–Trinajstić information content (AvgIpc) is 3.23. The number of methoxy groups -OCH3 is 1. The fourth-order valence-corrected chi connectivity index (χ4v) is 6.89. The van der Waals surface area contributed by atoms with Gasteiger partial charge in [-0.3, -0.25) is 0 Å². The number of rotatable bonds is 45. The maximum absolute atomic E-state index is 6.51. The molecule has 0 aliphatic heterocycles. The second-order valence-electron chi connectivity index (χ2n) is 17.6. The lowest BCUT2D eigenvalue weighted by molar-refractivity contribution is -0.950. The predicted molar refractivity (Wildman–Crippen MR) is 243 cm³/mol. The molecule has 0 rings (SSSR count). The molecule has 0 aromatic rings. The van der Waals surface area contributed by atoms with Gasteiger partial charge in [-0.25, -0.2) is 0 Å². The molecule has 59 heavy (non-hydrogen) atoms. The smallest absolute Gasteiger partial charge is 0.110 e. The predicted octanol–water partition coefficient (Wildman–Crippen LogP) is 9.84. The van der Waals surface area contributed by atoms with Gasteiger partial charge in [0.2, 0.25) is 0 Å². The van der Waals surface area contributed by atoms with Crippen LogP contribution in [-0.2, 0) is 47.4 Å². The Hall–Kier alpha value is -0.440. The van der Waals surface area contributed by atoms with Gasteiger partial charge >= 0.3 is 0 Å². The first kappa shape index (κ1) is 58.6. The zero-order chi connectivity index (χ0) is 44.2. The molecule has 0 aromatic heterocycles. The minimum Gasteiger partial charge on any atom is -0.382 e. The van der Waals surface area contributed by atoms with Gasteiger partial charge in [-0.05, 0) is 101 Å². The van der Waals surface area contributed by atoms with E-state index in [2.05, 4.69) is 41.5 Å². The number of ether oxygens (including phenoxy) is 10. The molecule has 0 radical (unpaired) electrons. The SMILES string of the molecule is CCCCCC[N+](CCCCCC)(CCCCCC)C(C)COC(C)COC(C)COC(C)COC(C)COC(C)COC(C)COC(C)COC(C)COCCOC. The minimum atomic E-state index is -0.0623. The fraction of sp³-hybridized carbons (Fsp3) is 1.00. The minimum absolute atomic E-state index is 0.000466. The highest BCUT2D eigenvalue weighted by molar-refractivity contribution is 4.63. The lowest BCUT2D eigenvalue weighted by Crippen LogP contribution is -2.58. The fourth-order valence-electron chi connectivity index (χ4n) is 6.89. The van der Waals surface area contributed by atoms with Crippen LogP contribution in [0.3, 0.4) is 0 Å². The van der Waals surface area contributed by atoms with Gasteiger partial charge in [0, 0.05) is 7.11 Å². The van der Waals surface area contributed by atoms with Gasteiger partial charge in [-0.15, -0.1) is 0 Å². The second-order valence-corrected chi connectivity index (χ2v) is 17.6. The Morgan fingerprint density at radius 3 is 0.864 bits per heavy atom. The van der Waals surface area contributed by atoms with Crippen molar-refractivity contribution in [2.45, 2.75) is 215 Å². The molecule has 0 saturated heterocycles. The Morgan fingerprint density at radius 1 is 0.322 bits per heavy atom. The molecule has 0 N–H and O–H groups in total. The van der Waals surface area contributed by atoms with E-state index in [0.29, 0.717) is 72.1 Å². The number of quaternary nitrogens is 1. The summed E-state index contributed by atoms with van der Waals surface area (Å²) in [7, 11) is 1.66. The number of unbranched alkanes of at least 4 members (excludes halogenated alkanes) is 9. The lowest BCUT2D eigenvalue weighted by Gasteiger charge is -2.44. The van der Waals surface area contributed by atoms with Gasteiger partial charge in [0.1, 0.15) is 6.04 Å². The van der Waals surface area contributed by atoms with Gasteiger partial charge in [-0.2, -0.15) is 0 Å². The molecule has 0 spiro atoms. The molecule has 0 aliphatic rings. The largest absolute Gasteiger partial charge is 0.382 e. The van der Waals surface area contributed by atoms with Crippen LogP contribution in [0, 0.1) is 0 Å². The Morgan fingerprint density at radius 2 is 0.593 bits per heavy atom. The van der Waals surface area contributed by atoms with Gasteiger partial charge in [-0.1, -0.05) is 59.3 Å². The molecular formula is C48H100NO10+. The summed E-state index contributed by atoms with van der Waals surface area (Å²) in [6.07, 6.45) is 15.6. The zero-order valence-corrected chi connectivity index (χ0v) is 41.1. The first-order valence-corrected chi connectivity index (χ1v) is 24.2. The Labute approximate surface area is 365 Å². The van der Waals surface area contributed by atoms with Crippen LogP contribution in [-0.4, -0.2) is 159 Å². The van der Waals surface area contributed by atoms with Gasteiger partial charge in [0.25, 0.3) is 0 Å². The first-order valence-electron chi connectivity index (χ1n) is 24.2. The Bertz CT molecular complexity index is 855. The quantitative estimate of drug-likeness (QED) is 0.0436. The van der Waals surface area contributed by atoms with Crippen molar-refractivity contribution < 1.29 is 51.9 Å². The standard InChI is InChI=1S/C48H100NO10/c1-14-17-20-23-26-49(27-24-21-18-15-2,28-25-22-19-16-3)40(4)31-52-42(6)33-54-44(8)35-56-46(10)37-58-48(12)39-59-47(11)38-57-45(9)36-55-43(7)34-53-41(5)32-51-30-29-50-13/h40-48H,14-39H2,1-13H3/q+1. The maximum atomic E-state index is 6.51. The van der Waals surface area contributed by atoms with E-state index in [-0.39, 0.29) is 48.8 Å². The number of hydrogen-bond acceptors (Lipinski definition) is 10. The van der Waals surface area contributed by atoms with Crippen molar-refractivity contribution in [3.63, 3.8) is 0 Å². The van der Waals surface area contributed by atoms with Crippen LogP contribution in [0.25, 0.3) is 0 Å². The van der Waals surface area contributed by atoms with Crippen LogP contribution >= 0.6 is 0 Å². The van der Waals surface area contributed by atoms with Gasteiger partial charge in [0.15, 0.2) is 0 Å². The topological polar surface area (TPSA) is 92.3 Å². The number of nitrogens with zero attached hydrogens (tertiary/aromatic N) is 1. The second kappa shape index (κ2) is 39.2. The van der Waals surface area contributed by atoms with Crippen LogP contribution in [0.4, 0.5) is 0 Å². The molecule has 0 heterocycles. The summed E-state index contributed by atoms with van der Waals surface area (Å²) in [5, 5.41) is 0. The summed E-state index contributed by atoms with van der Waals surface area (Å²) in [5.74, 6) is 0. The summed E-state index contributed by atoms with van der Waals surface area (Å²) >= 11 is 0. The molecule has 9 unspecified atom stereocenters. The molecule has 11 heteroatoms. The van der Waals surface area contributed by atoms with Crippen molar-refractivity contribution in [2.24, 2.45) is 0 Å². The Kier molecular flexibility index (Phi) is 38.9. The van der Waals surface area contributed by atoms with E-state index in [1.54, 1.807) is 7.11 Å². The third-order valence-electron chi connectivity index (χ3n) is 11.0. The van der Waals surface area contributed by atoms with Crippen LogP contribution < -0.4 is 0 Å². The summed E-state index contributed by atoms with van der Waals surface area (Å²) in [6.45, 7) is 35.5. The average molecular weight is 851 g/mol. The highest BCUT2D eigenvalue weighted by Gasteiger charge is 2.33. The van der Waals surface area contributed by atoms with Crippen molar-refractivity contribution in [1.29, 1.82) is 0 Å². The summed E-state index contributed by atoms with van der Waals surface area (Å²) in [4.78, 5) is 0.